The lowest BCUT2D eigenvalue weighted by molar-refractivity contribution is -0.143. The predicted octanol–water partition coefficient (Wildman–Crippen LogP) is 7.31. The van der Waals surface area contributed by atoms with Crippen molar-refractivity contribution in [3.8, 4) is 6.07 Å². The van der Waals surface area contributed by atoms with Crippen molar-refractivity contribution in [1.82, 2.24) is 9.99 Å². The Hall–Kier alpha value is -1.93. The summed E-state index contributed by atoms with van der Waals surface area (Å²) in [6, 6.07) is 3.21. The predicted molar refractivity (Wildman–Crippen MR) is 128 cm³/mol. The molecule has 0 aromatic heterocycles. The van der Waals surface area contributed by atoms with E-state index < -0.39 is 43.5 Å². The van der Waals surface area contributed by atoms with Gasteiger partial charge >= 0.3 is 12.4 Å². The van der Waals surface area contributed by atoms with Crippen LogP contribution in [0, 0.1) is 11.3 Å². The Morgan fingerprint density at radius 3 is 1.92 bits per heavy atom. The highest BCUT2D eigenvalue weighted by atomic mass is 31.2. The molecule has 210 valence electrons. The quantitative estimate of drug-likeness (QED) is 0.139. The van der Waals surface area contributed by atoms with Crippen LogP contribution in [0.4, 0.5) is 26.3 Å². The molecule has 1 unspecified atom stereocenters. The number of benzene rings is 1. The molecule has 0 aliphatic rings. The molecule has 6 nitrogen and oxygen atoms in total. The molecule has 0 heterocycles. The van der Waals surface area contributed by atoms with E-state index in [-0.39, 0.29) is 37.7 Å². The van der Waals surface area contributed by atoms with Gasteiger partial charge in [-0.3, -0.25) is 4.79 Å². The van der Waals surface area contributed by atoms with Gasteiger partial charge in [0.15, 0.2) is 0 Å². The van der Waals surface area contributed by atoms with Crippen molar-refractivity contribution < 1.29 is 40.2 Å². The standard InChI is InChI=1S/C24H34F6N3O3P/c1-17(2)33(18(3)4)37(36-13-9-10-31)35-12-8-6-5-7-11-32-22(34)19-14-20(23(25,26)27)16-21(15-19)24(28,29)30/h14-18H,5-9,11-13H2,1-4H3,(H,32,34). The average molecular weight is 558 g/mol. The number of alkyl halides is 6. The molecule has 13 heteroatoms. The third kappa shape index (κ3) is 12.0. The number of halogens is 6. The Morgan fingerprint density at radius 1 is 0.919 bits per heavy atom. The minimum absolute atomic E-state index is 0.0130. The normalized spacial score (nSPS) is 13.3. The van der Waals surface area contributed by atoms with Crippen LogP contribution in [-0.4, -0.2) is 42.4 Å². The van der Waals surface area contributed by atoms with Crippen LogP contribution in [0.3, 0.4) is 0 Å². The van der Waals surface area contributed by atoms with Crippen LogP contribution in [0.5, 0.6) is 0 Å². The van der Waals surface area contributed by atoms with E-state index in [1.807, 2.05) is 33.8 Å². The number of carbonyl (C=O) groups is 1. The zero-order valence-electron chi connectivity index (χ0n) is 21.4. The lowest BCUT2D eigenvalue weighted by Gasteiger charge is -2.35. The van der Waals surface area contributed by atoms with Gasteiger partial charge in [-0.2, -0.15) is 31.6 Å². The summed E-state index contributed by atoms with van der Waals surface area (Å²) in [6.07, 6.45) is -7.17. The van der Waals surface area contributed by atoms with Crippen LogP contribution < -0.4 is 5.32 Å². The summed E-state index contributed by atoms with van der Waals surface area (Å²) in [7, 11) is -1.33. The molecule has 0 saturated carbocycles. The largest absolute Gasteiger partial charge is 0.416 e. The molecule has 0 bridgehead atoms. The third-order valence-corrected chi connectivity index (χ3v) is 7.18. The smallest absolute Gasteiger partial charge is 0.352 e. The van der Waals surface area contributed by atoms with E-state index in [4.69, 9.17) is 14.3 Å². The Kier molecular flexibility index (Phi) is 13.8. The molecule has 1 rings (SSSR count). The van der Waals surface area contributed by atoms with Gasteiger partial charge in [0.05, 0.1) is 36.8 Å². The Bertz CT molecular complexity index is 848. The highest BCUT2D eigenvalue weighted by molar-refractivity contribution is 7.44. The second kappa shape index (κ2) is 15.5. The lowest BCUT2D eigenvalue weighted by Crippen LogP contribution is -2.33. The first-order valence-corrected chi connectivity index (χ1v) is 13.1. The van der Waals surface area contributed by atoms with Crippen molar-refractivity contribution in [3.05, 3.63) is 34.9 Å². The topological polar surface area (TPSA) is 74.6 Å². The van der Waals surface area contributed by atoms with Gasteiger partial charge in [-0.15, -0.1) is 0 Å². The molecule has 1 N–H and O–H groups in total. The van der Waals surface area contributed by atoms with E-state index in [9.17, 15) is 31.1 Å². The highest BCUT2D eigenvalue weighted by Gasteiger charge is 2.37. The van der Waals surface area contributed by atoms with Crippen LogP contribution in [0.2, 0.25) is 0 Å². The number of hydrogen-bond donors (Lipinski definition) is 1. The van der Waals surface area contributed by atoms with E-state index in [1.54, 1.807) is 0 Å². The van der Waals surface area contributed by atoms with Crippen LogP contribution in [0.1, 0.15) is 81.3 Å². The maximum atomic E-state index is 13.0. The maximum Gasteiger partial charge on any atom is 0.416 e. The summed E-state index contributed by atoms with van der Waals surface area (Å²) in [5.74, 6) is -0.998. The van der Waals surface area contributed by atoms with Crippen LogP contribution in [0.25, 0.3) is 0 Å². The number of nitrogens with one attached hydrogen (secondary N) is 1. The van der Waals surface area contributed by atoms with Gasteiger partial charge in [0.2, 0.25) is 0 Å². The zero-order chi connectivity index (χ0) is 28.2. The molecule has 1 amide bonds. The van der Waals surface area contributed by atoms with E-state index in [0.717, 1.165) is 6.42 Å². The second-order valence-electron chi connectivity index (χ2n) is 8.84. The molecule has 1 aromatic carbocycles. The minimum atomic E-state index is -5.01. The monoisotopic (exact) mass is 557 g/mol. The number of amides is 1. The first-order valence-electron chi connectivity index (χ1n) is 12.0. The number of hydrogen-bond acceptors (Lipinski definition) is 5. The molecular weight excluding hydrogens is 523 g/mol. The Morgan fingerprint density at radius 2 is 1.43 bits per heavy atom. The number of nitrogens with zero attached hydrogens (tertiary/aromatic N) is 2. The van der Waals surface area contributed by atoms with Crippen molar-refractivity contribution >= 4 is 14.4 Å². The molecule has 0 spiro atoms. The van der Waals surface area contributed by atoms with Gasteiger partial charge in [-0.05, 0) is 58.7 Å². The van der Waals surface area contributed by atoms with E-state index >= 15 is 0 Å². The summed E-state index contributed by atoms with van der Waals surface area (Å²) in [4.78, 5) is 12.2. The summed E-state index contributed by atoms with van der Waals surface area (Å²) in [5.41, 5.74) is -3.75. The fourth-order valence-electron chi connectivity index (χ4n) is 3.43. The first kappa shape index (κ1) is 33.1. The van der Waals surface area contributed by atoms with Crippen molar-refractivity contribution in [1.29, 1.82) is 5.26 Å². The SMILES string of the molecule is CC(C)N(C(C)C)P(OCCC#N)OCCCCCCNC(=O)c1cc(C(F)(F)F)cc(C(F)(F)F)c1. The van der Waals surface area contributed by atoms with E-state index in [1.165, 1.54) is 0 Å². The third-order valence-electron chi connectivity index (χ3n) is 5.07. The van der Waals surface area contributed by atoms with Crippen molar-refractivity contribution in [2.45, 2.75) is 84.2 Å². The van der Waals surface area contributed by atoms with Crippen LogP contribution >= 0.6 is 8.53 Å². The van der Waals surface area contributed by atoms with E-state index in [0.29, 0.717) is 38.0 Å². The molecule has 0 radical (unpaired) electrons. The Labute approximate surface area is 215 Å². The van der Waals surface area contributed by atoms with Gasteiger partial charge in [0.25, 0.3) is 14.4 Å². The number of unbranched alkanes of at least 4 members (excludes halogenated alkanes) is 3. The number of rotatable bonds is 15. The molecule has 1 atom stereocenters. The molecule has 0 fully saturated rings. The van der Waals surface area contributed by atoms with Gasteiger partial charge in [-0.25, -0.2) is 4.67 Å². The minimum Gasteiger partial charge on any atom is -0.352 e. The fourth-order valence-corrected chi connectivity index (χ4v) is 5.05. The lowest BCUT2D eigenvalue weighted by atomic mass is 10.0. The molecule has 0 aliphatic heterocycles. The Balaban J connectivity index is 2.51. The molecule has 0 saturated heterocycles. The first-order chi connectivity index (χ1) is 17.2. The van der Waals surface area contributed by atoms with E-state index in [2.05, 4.69) is 9.99 Å². The molecule has 37 heavy (non-hydrogen) atoms. The summed E-state index contributed by atoms with van der Waals surface area (Å²) in [6.45, 7) is 8.93. The van der Waals surface area contributed by atoms with Crippen LogP contribution in [-0.2, 0) is 21.4 Å². The van der Waals surface area contributed by atoms with Crippen LogP contribution in [0.15, 0.2) is 18.2 Å². The molecule has 0 aliphatic carbocycles. The van der Waals surface area contributed by atoms with Crippen molar-refractivity contribution in [2.24, 2.45) is 0 Å². The van der Waals surface area contributed by atoms with Gasteiger partial charge < -0.3 is 14.4 Å². The van der Waals surface area contributed by atoms with Gasteiger partial charge in [0, 0.05) is 24.2 Å². The molecular formula is C24H34F6N3O3P. The summed E-state index contributed by atoms with van der Waals surface area (Å²) in [5, 5.41) is 11.1. The highest BCUT2D eigenvalue weighted by Crippen LogP contribution is 2.46. The second-order valence-corrected chi connectivity index (χ2v) is 10.3. The number of nitriles is 1. The van der Waals surface area contributed by atoms with Crippen molar-refractivity contribution in [2.75, 3.05) is 19.8 Å². The summed E-state index contributed by atoms with van der Waals surface area (Å²) >= 11 is 0. The van der Waals surface area contributed by atoms with Gasteiger partial charge in [-0.1, -0.05) is 12.8 Å². The summed E-state index contributed by atoms with van der Waals surface area (Å²) < 4.78 is 91.7. The maximum absolute atomic E-state index is 13.0. The molecule has 1 aromatic rings. The van der Waals surface area contributed by atoms with Gasteiger partial charge in [0.1, 0.15) is 0 Å². The average Bonchev–Trinajstić information content (AvgIpc) is 2.78. The van der Waals surface area contributed by atoms with Crippen molar-refractivity contribution in [3.63, 3.8) is 0 Å². The number of carbonyl (C=O) groups excluding carboxylic acids is 1. The zero-order valence-corrected chi connectivity index (χ0v) is 22.3. The fraction of sp³-hybridized carbons (Fsp3) is 0.667.